The first-order chi connectivity index (χ1) is 46.6. The number of carbonyl (C=O) groups is 6. The second-order valence-corrected chi connectivity index (χ2v) is 29.1. The molecule has 0 saturated heterocycles. The number of hydrogen-bond donors (Lipinski definition) is 6. The average Bonchev–Trinajstić information content (AvgIpc) is 0.736. The number of rotatable bonds is 21. The molecule has 12 rings (SSSR count). The maximum absolute atomic E-state index is 13.8. The number of nitrogens with zero attached hydrogens (tertiary/aromatic N) is 6. The van der Waals surface area contributed by atoms with Crippen molar-refractivity contribution in [3.8, 4) is 0 Å². The van der Waals surface area contributed by atoms with E-state index in [0.29, 0.717) is 98.0 Å². The van der Waals surface area contributed by atoms with Crippen LogP contribution in [0.15, 0.2) is 143 Å². The van der Waals surface area contributed by atoms with Gasteiger partial charge in [-0.2, -0.15) is 0 Å². The van der Waals surface area contributed by atoms with Gasteiger partial charge in [0.1, 0.15) is 20.2 Å². The third-order valence-electron chi connectivity index (χ3n) is 16.4. The van der Waals surface area contributed by atoms with Gasteiger partial charge in [-0.3, -0.25) is 28.8 Å². The van der Waals surface area contributed by atoms with Crippen molar-refractivity contribution in [2.45, 2.75) is 36.7 Å². The van der Waals surface area contributed by atoms with Crippen molar-refractivity contribution >= 4 is 168 Å². The van der Waals surface area contributed by atoms with E-state index in [4.69, 9.17) is 34.7 Å². The Morgan fingerprint density at radius 1 is 0.480 bits per heavy atom. The SMILES string of the molecule is Cc1cc(CN(C)C(=O)c2ccc3nc(NCCSSCCNc4nc5ccc(C(=O)N(C)Cc6ccc(Nc7cc(S(=O)(=O)[O-])c(N)c8c7C(=O)c7ccccc7C8=O)c(S(=O)(=O)[O-])c6)cc5nc4Cl)c(Cl)nc3c2)ccc1Nc1cc(C)c(N)c2c1C(=O)c1ccccc1C2=O.[Na+].[Na+]. The maximum atomic E-state index is 13.8. The number of fused-ring (bicyclic) bond motifs is 6. The van der Waals surface area contributed by atoms with E-state index in [0.717, 1.165) is 23.3 Å². The van der Waals surface area contributed by atoms with Crippen LogP contribution in [0.25, 0.3) is 22.1 Å². The largest absolute Gasteiger partial charge is 1.00 e. The summed E-state index contributed by atoms with van der Waals surface area (Å²) in [5.74, 6) is -0.990. The topological polar surface area (TPSA) is 375 Å². The number of nitrogen functional groups attached to an aromatic ring is 2. The predicted molar refractivity (Wildman–Crippen MR) is 376 cm³/mol. The first-order valence-corrected chi connectivity index (χ1v) is 35.8. The zero-order valence-electron chi connectivity index (χ0n) is 54.1. The zero-order valence-corrected chi connectivity index (χ0v) is 62.8. The Labute approximate surface area is 635 Å². The van der Waals surface area contributed by atoms with E-state index in [1.807, 2.05) is 25.1 Å². The third-order valence-corrected chi connectivity index (χ3v) is 21.1. The molecular weight excluding hydrogens is 1420 g/mol. The monoisotopic (exact) mass is 1470 g/mol. The molecule has 0 bridgehead atoms. The normalized spacial score (nSPS) is 12.4. The van der Waals surface area contributed by atoms with E-state index in [-0.39, 0.29) is 139 Å². The summed E-state index contributed by atoms with van der Waals surface area (Å²) in [6, 6.07) is 33.7. The van der Waals surface area contributed by atoms with Gasteiger partial charge in [0.25, 0.3) is 11.8 Å². The fraction of sp³-hybridized carbons (Fsp3) is 0.147. The van der Waals surface area contributed by atoms with Crippen LogP contribution in [0.1, 0.15) is 107 Å². The second kappa shape index (κ2) is 30.3. The molecule has 0 radical (unpaired) electrons. The van der Waals surface area contributed by atoms with Crippen molar-refractivity contribution in [3.05, 3.63) is 222 Å². The number of ketones is 4. The van der Waals surface area contributed by atoms with E-state index >= 15 is 0 Å². The van der Waals surface area contributed by atoms with Crippen molar-refractivity contribution in [2.24, 2.45) is 0 Å². The van der Waals surface area contributed by atoms with Gasteiger partial charge in [0.05, 0.1) is 76.9 Å². The van der Waals surface area contributed by atoms with Gasteiger partial charge in [-0.05, 0) is 103 Å². The Bertz CT molecular complexity index is 5370. The van der Waals surface area contributed by atoms with Crippen LogP contribution in [0.2, 0.25) is 10.3 Å². The fourth-order valence-corrected chi connectivity index (χ4v) is 15.1. The summed E-state index contributed by atoms with van der Waals surface area (Å²) >= 11 is 13.2. The van der Waals surface area contributed by atoms with Gasteiger partial charge in [-0.25, -0.2) is 36.8 Å². The van der Waals surface area contributed by atoms with Crippen LogP contribution in [0.5, 0.6) is 0 Å². The smallest absolute Gasteiger partial charge is 0.744 e. The van der Waals surface area contributed by atoms with Crippen LogP contribution in [-0.4, -0.2) is 129 Å². The molecule has 2 aromatic heterocycles. The average molecular weight is 1480 g/mol. The molecule has 100 heavy (non-hydrogen) atoms. The van der Waals surface area contributed by atoms with Gasteiger partial charge in [0, 0.05) is 96.5 Å². The molecule has 2 aliphatic rings. The molecule has 0 unspecified atom stereocenters. The molecule has 0 saturated carbocycles. The standard InChI is InChI=1S/C68H56Cl2N12O12S4.2Na/c1-33-25-35(13-17-43(33)75-49-26-34(2)57(71)55-53(49)59(83)39-9-5-7-11-41(39)61(55)85)31-81(3)67(87)37-15-19-44-47(28-37)77-63(69)65(79-44)73-21-23-95-96-24-22-74-66-64(70)78-48-29-38(16-20-45(48)80-66)68(88)82(4)32-36-14-18-46(51(27-36)97(89,90)91)76-50-30-52(98(92,93)94)58(72)56-54(50)60(84)40-10-6-8-12-42(40)62(56)86;;/h5-20,25-30,75-76H,21-24,31-32,71-72H2,1-4H3,(H,73,79)(H,74,80)(H,89,90,91)(H,92,93,94);;/q;2*+1/p-2. The van der Waals surface area contributed by atoms with Crippen molar-refractivity contribution in [3.63, 3.8) is 0 Å². The number of carbonyl (C=O) groups excluding carboxylic acids is 6. The first-order valence-electron chi connectivity index (χ1n) is 29.8. The second-order valence-electron chi connectivity index (χ2n) is 23.0. The number of halogens is 2. The summed E-state index contributed by atoms with van der Waals surface area (Å²) in [6.45, 7) is 4.74. The van der Waals surface area contributed by atoms with Gasteiger partial charge < -0.3 is 51.6 Å². The Kier molecular flexibility index (Phi) is 22.6. The van der Waals surface area contributed by atoms with Gasteiger partial charge in [-0.15, -0.1) is 0 Å². The quantitative estimate of drug-likeness (QED) is 0.0182. The molecule has 0 aliphatic heterocycles. The molecule has 2 aliphatic carbocycles. The van der Waals surface area contributed by atoms with Crippen molar-refractivity contribution in [1.82, 2.24) is 29.7 Å². The minimum absolute atomic E-state index is 0. The number of aryl methyl sites for hydroxylation is 2. The molecule has 0 atom stereocenters. The number of nitrogens with two attached hydrogens (primary N) is 2. The molecule has 32 heteroatoms. The van der Waals surface area contributed by atoms with E-state index < -0.39 is 75.7 Å². The molecular formula is C68H54Cl2N12Na2O12S4. The molecule has 24 nitrogen and oxygen atoms in total. The van der Waals surface area contributed by atoms with Crippen LogP contribution in [0.3, 0.4) is 0 Å². The van der Waals surface area contributed by atoms with E-state index in [9.17, 15) is 54.7 Å². The molecule has 2 heterocycles. The Morgan fingerprint density at radius 3 is 1.34 bits per heavy atom. The van der Waals surface area contributed by atoms with Gasteiger partial charge in [-0.1, -0.05) is 112 Å². The number of aromatic nitrogens is 4. The van der Waals surface area contributed by atoms with Crippen molar-refractivity contribution < 1.29 is 114 Å². The van der Waals surface area contributed by atoms with Crippen LogP contribution in [0, 0.1) is 13.8 Å². The summed E-state index contributed by atoms with van der Waals surface area (Å²) in [5, 5.41) is 12.6. The number of nitrogens with one attached hydrogen (secondary N) is 4. The maximum Gasteiger partial charge on any atom is 1.00 e. The fourth-order valence-electron chi connectivity index (χ4n) is 11.6. The van der Waals surface area contributed by atoms with Crippen LogP contribution >= 0.6 is 44.8 Å². The molecule has 0 spiro atoms. The number of amides is 2. The summed E-state index contributed by atoms with van der Waals surface area (Å²) < 4.78 is 75.4. The Balaban J connectivity index is 0.00000540. The van der Waals surface area contributed by atoms with E-state index in [1.54, 1.807) is 95.1 Å². The molecule has 10 aromatic rings. The van der Waals surface area contributed by atoms with Gasteiger partial charge >= 0.3 is 59.1 Å². The molecule has 0 fully saturated rings. The number of hydrogen-bond acceptors (Lipinski definition) is 24. The number of anilines is 8. The molecule has 498 valence electrons. The zero-order chi connectivity index (χ0) is 69.8. The van der Waals surface area contributed by atoms with E-state index in [2.05, 4.69) is 41.2 Å². The molecule has 8 N–H and O–H groups in total. The predicted octanol–water partition coefficient (Wildman–Crippen LogP) is 4.97. The van der Waals surface area contributed by atoms with Crippen LogP contribution in [0.4, 0.5) is 45.8 Å². The van der Waals surface area contributed by atoms with Gasteiger partial charge in [0.15, 0.2) is 45.1 Å². The van der Waals surface area contributed by atoms with Crippen LogP contribution < -0.4 is 91.8 Å². The summed E-state index contributed by atoms with van der Waals surface area (Å²) in [5.41, 5.74) is 16.9. The van der Waals surface area contributed by atoms with Crippen molar-refractivity contribution in [2.75, 3.05) is 71.4 Å². The minimum atomic E-state index is -5.37. The third kappa shape index (κ3) is 15.1. The summed E-state index contributed by atoms with van der Waals surface area (Å²) in [7, 11) is -4.37. The number of benzene rings is 8. The first kappa shape index (κ1) is 74.6. The summed E-state index contributed by atoms with van der Waals surface area (Å²) in [6.07, 6.45) is 0. The molecule has 8 aromatic carbocycles. The van der Waals surface area contributed by atoms with Crippen LogP contribution in [-0.2, 0) is 33.3 Å². The van der Waals surface area contributed by atoms with E-state index in [1.165, 1.54) is 54.4 Å². The summed E-state index contributed by atoms with van der Waals surface area (Å²) in [4.78, 5) is 102. The Morgan fingerprint density at radius 2 is 0.890 bits per heavy atom. The Hall–Kier alpha value is -8.04. The molecule has 2 amide bonds. The van der Waals surface area contributed by atoms with Crippen molar-refractivity contribution in [1.29, 1.82) is 0 Å². The van der Waals surface area contributed by atoms with Gasteiger partial charge in [0.2, 0.25) is 0 Å². The minimum Gasteiger partial charge on any atom is -0.744 e.